The predicted molar refractivity (Wildman–Crippen MR) is 153 cm³/mol. The van der Waals surface area contributed by atoms with Gasteiger partial charge >= 0.3 is 0 Å². The molecule has 0 amide bonds. The van der Waals surface area contributed by atoms with Crippen molar-refractivity contribution in [2.75, 3.05) is 0 Å². The molecule has 39 heavy (non-hydrogen) atoms. The van der Waals surface area contributed by atoms with Crippen molar-refractivity contribution in [3.8, 4) is 39.9 Å². The van der Waals surface area contributed by atoms with E-state index in [4.69, 9.17) is 13.8 Å². The summed E-state index contributed by atoms with van der Waals surface area (Å²) in [6.07, 6.45) is 5.08. The van der Waals surface area contributed by atoms with Crippen molar-refractivity contribution in [1.29, 1.82) is 0 Å². The first kappa shape index (κ1) is 21.6. The summed E-state index contributed by atoms with van der Waals surface area (Å²) in [6, 6.07) is 34.9. The Morgan fingerprint density at radius 2 is 1.38 bits per heavy atom. The lowest BCUT2D eigenvalue weighted by atomic mass is 10.1. The molecule has 0 saturated heterocycles. The van der Waals surface area contributed by atoms with E-state index in [0.717, 1.165) is 61.0 Å². The van der Waals surface area contributed by atoms with Crippen LogP contribution in [0.3, 0.4) is 0 Å². The number of hydrogen-bond acceptors (Lipinski definition) is 5. The molecule has 184 valence electrons. The highest BCUT2D eigenvalue weighted by molar-refractivity contribution is 6.11. The number of rotatable bonds is 4. The van der Waals surface area contributed by atoms with Crippen LogP contribution < -0.4 is 0 Å². The van der Waals surface area contributed by atoms with Gasteiger partial charge in [-0.25, -0.2) is 9.97 Å². The molecule has 0 unspecified atom stereocenters. The number of benzene rings is 4. The van der Waals surface area contributed by atoms with Gasteiger partial charge in [-0.1, -0.05) is 42.5 Å². The second-order valence-corrected chi connectivity index (χ2v) is 9.39. The van der Waals surface area contributed by atoms with Gasteiger partial charge in [-0.3, -0.25) is 4.98 Å². The van der Waals surface area contributed by atoms with Gasteiger partial charge in [0, 0.05) is 39.3 Å². The maximum atomic E-state index is 6.12. The summed E-state index contributed by atoms with van der Waals surface area (Å²) < 4.78 is 14.0. The van der Waals surface area contributed by atoms with E-state index in [1.165, 1.54) is 0 Å². The maximum absolute atomic E-state index is 6.12. The van der Waals surface area contributed by atoms with Gasteiger partial charge in [0.2, 0.25) is 11.8 Å². The molecular weight excluding hydrogens is 484 g/mol. The van der Waals surface area contributed by atoms with Crippen molar-refractivity contribution in [2.45, 2.75) is 0 Å². The number of nitrogens with zero attached hydrogens (tertiary/aromatic N) is 4. The summed E-state index contributed by atoms with van der Waals surface area (Å²) in [5.74, 6) is 1.18. The molecule has 0 aliphatic rings. The van der Waals surface area contributed by atoms with Gasteiger partial charge in [-0.15, -0.1) is 0 Å². The Balaban J connectivity index is 1.40. The quantitative estimate of drug-likeness (QED) is 0.241. The summed E-state index contributed by atoms with van der Waals surface area (Å²) in [5, 5.41) is 2.26. The topological polar surface area (TPSA) is 69.9 Å². The van der Waals surface area contributed by atoms with Gasteiger partial charge in [-0.2, -0.15) is 0 Å². The first-order chi connectivity index (χ1) is 19.3. The summed E-state index contributed by atoms with van der Waals surface area (Å²) in [6.45, 7) is 0. The molecule has 0 bridgehead atoms. The second kappa shape index (κ2) is 8.53. The van der Waals surface area contributed by atoms with Gasteiger partial charge < -0.3 is 13.4 Å². The van der Waals surface area contributed by atoms with Crippen LogP contribution in [0, 0.1) is 0 Å². The molecule has 8 aromatic rings. The fourth-order valence-electron chi connectivity index (χ4n) is 5.26. The summed E-state index contributed by atoms with van der Waals surface area (Å²) in [4.78, 5) is 13.7. The van der Waals surface area contributed by atoms with Crippen LogP contribution in [-0.2, 0) is 0 Å². The molecule has 0 atom stereocenters. The van der Waals surface area contributed by atoms with Gasteiger partial charge in [0.25, 0.3) is 0 Å². The van der Waals surface area contributed by atoms with E-state index < -0.39 is 0 Å². The molecule has 4 aromatic carbocycles. The Hall–Kier alpha value is -5.49. The van der Waals surface area contributed by atoms with Crippen molar-refractivity contribution in [3.05, 3.63) is 122 Å². The molecule has 8 rings (SSSR count). The van der Waals surface area contributed by atoms with E-state index in [1.54, 1.807) is 12.5 Å². The first-order valence-electron chi connectivity index (χ1n) is 12.7. The predicted octanol–water partition coefficient (Wildman–Crippen LogP) is 8.31. The van der Waals surface area contributed by atoms with Crippen LogP contribution in [0.15, 0.2) is 131 Å². The standard InChI is InChI=1S/C33H20N4O2/c1-2-10-31-28(9-1)36-33(39-31)23-12-14-26-25-13-11-22(32-35-16-17-38-32)19-29(25)37(30(26)20-23)24-7-5-6-21(18-24)27-8-3-4-15-34-27/h1-20H. The van der Waals surface area contributed by atoms with E-state index in [2.05, 4.69) is 75.2 Å². The fraction of sp³-hybridized carbons (Fsp3) is 0. The van der Waals surface area contributed by atoms with E-state index in [1.807, 2.05) is 48.7 Å². The molecule has 0 spiro atoms. The zero-order valence-electron chi connectivity index (χ0n) is 20.7. The number of fused-ring (bicyclic) bond motifs is 4. The van der Waals surface area contributed by atoms with Gasteiger partial charge in [-0.05, 0) is 60.7 Å². The first-order valence-corrected chi connectivity index (χ1v) is 12.7. The zero-order chi connectivity index (χ0) is 25.8. The molecule has 0 saturated carbocycles. The van der Waals surface area contributed by atoms with E-state index in [-0.39, 0.29) is 0 Å². The Labute approximate surface area is 222 Å². The molecule has 0 N–H and O–H groups in total. The summed E-state index contributed by atoms with van der Waals surface area (Å²) in [7, 11) is 0. The van der Waals surface area contributed by atoms with Crippen molar-refractivity contribution in [1.82, 2.24) is 19.5 Å². The Morgan fingerprint density at radius 1 is 0.590 bits per heavy atom. The van der Waals surface area contributed by atoms with E-state index in [0.29, 0.717) is 11.8 Å². The van der Waals surface area contributed by atoms with E-state index >= 15 is 0 Å². The third-order valence-corrected chi connectivity index (χ3v) is 7.05. The molecule has 4 aromatic heterocycles. The lowest BCUT2D eigenvalue weighted by Gasteiger charge is -2.11. The van der Waals surface area contributed by atoms with Crippen LogP contribution >= 0.6 is 0 Å². The van der Waals surface area contributed by atoms with Gasteiger partial charge in [0.1, 0.15) is 11.8 Å². The molecule has 4 heterocycles. The highest BCUT2D eigenvalue weighted by Crippen LogP contribution is 2.37. The minimum atomic E-state index is 0.586. The molecule has 6 heteroatoms. The zero-order valence-corrected chi connectivity index (χ0v) is 20.7. The number of aromatic nitrogens is 4. The van der Waals surface area contributed by atoms with Gasteiger partial charge in [0.05, 0.1) is 22.9 Å². The second-order valence-electron chi connectivity index (χ2n) is 9.39. The van der Waals surface area contributed by atoms with Crippen molar-refractivity contribution < 1.29 is 8.83 Å². The Bertz CT molecular complexity index is 2090. The third-order valence-electron chi connectivity index (χ3n) is 7.05. The van der Waals surface area contributed by atoms with Crippen LogP contribution in [0.1, 0.15) is 0 Å². The number of pyridine rings is 1. The van der Waals surface area contributed by atoms with Gasteiger partial charge in [0.15, 0.2) is 5.58 Å². The number of oxazole rings is 2. The molecule has 0 aliphatic carbocycles. The number of hydrogen-bond donors (Lipinski definition) is 0. The highest BCUT2D eigenvalue weighted by Gasteiger charge is 2.17. The van der Waals surface area contributed by atoms with Crippen LogP contribution in [0.2, 0.25) is 0 Å². The highest BCUT2D eigenvalue weighted by atomic mass is 16.3. The summed E-state index contributed by atoms with van der Waals surface area (Å²) >= 11 is 0. The SMILES string of the molecule is c1ccc(-c2cccc(-n3c4cc(-c5ncco5)ccc4c4ccc(-c5nc6ccccc6o5)cc43)c2)nc1. The lowest BCUT2D eigenvalue weighted by molar-refractivity contribution is 0.574. The van der Waals surface area contributed by atoms with Crippen molar-refractivity contribution in [3.63, 3.8) is 0 Å². The molecular formula is C33H20N4O2. The molecule has 0 fully saturated rings. The average molecular weight is 505 g/mol. The lowest BCUT2D eigenvalue weighted by Crippen LogP contribution is -1.95. The summed E-state index contributed by atoms with van der Waals surface area (Å²) in [5.41, 5.74) is 8.53. The smallest absolute Gasteiger partial charge is 0.227 e. The fourth-order valence-corrected chi connectivity index (χ4v) is 5.26. The van der Waals surface area contributed by atoms with Crippen LogP contribution in [0.5, 0.6) is 0 Å². The molecule has 6 nitrogen and oxygen atoms in total. The van der Waals surface area contributed by atoms with Crippen molar-refractivity contribution >= 4 is 32.9 Å². The number of para-hydroxylation sites is 2. The maximum Gasteiger partial charge on any atom is 0.227 e. The van der Waals surface area contributed by atoms with Crippen molar-refractivity contribution in [2.24, 2.45) is 0 Å². The third kappa shape index (κ3) is 3.54. The van der Waals surface area contributed by atoms with Crippen LogP contribution in [0.25, 0.3) is 72.8 Å². The minimum absolute atomic E-state index is 0.586. The van der Waals surface area contributed by atoms with E-state index in [9.17, 15) is 0 Å². The Kier molecular flexibility index (Phi) is 4.72. The minimum Gasteiger partial charge on any atom is -0.445 e. The molecule has 0 radical (unpaired) electrons. The molecule has 0 aliphatic heterocycles. The monoisotopic (exact) mass is 504 g/mol. The largest absolute Gasteiger partial charge is 0.445 e. The van der Waals surface area contributed by atoms with Crippen LogP contribution in [-0.4, -0.2) is 19.5 Å². The Morgan fingerprint density at radius 3 is 2.13 bits per heavy atom. The average Bonchev–Trinajstić information content (AvgIpc) is 3.75. The normalized spacial score (nSPS) is 11.6. The van der Waals surface area contributed by atoms with Crippen LogP contribution in [0.4, 0.5) is 0 Å².